The first-order chi connectivity index (χ1) is 25.1. The van der Waals surface area contributed by atoms with Crippen molar-refractivity contribution in [3.8, 4) is 0 Å². The van der Waals surface area contributed by atoms with Gasteiger partial charge in [-0.15, -0.1) is 0 Å². The van der Waals surface area contributed by atoms with E-state index in [2.05, 4.69) is 134 Å². The van der Waals surface area contributed by atoms with Crippen molar-refractivity contribution in [3.05, 3.63) is 105 Å². The molecular weight excluding hydrogens is 714 g/mol. The highest BCUT2D eigenvalue weighted by Gasteiger charge is 2.10. The topological polar surface area (TPSA) is 122 Å². The first-order valence-electron chi connectivity index (χ1n) is 19.6. The van der Waals surface area contributed by atoms with Gasteiger partial charge in [-0.2, -0.15) is 0 Å². The van der Waals surface area contributed by atoms with E-state index in [9.17, 15) is 23.8 Å². The lowest BCUT2D eigenvalue weighted by Gasteiger charge is -2.34. The van der Waals surface area contributed by atoms with Crippen LogP contribution in [0.5, 0.6) is 0 Å². The van der Waals surface area contributed by atoms with Crippen LogP contribution in [0, 0.1) is 0 Å². The van der Waals surface area contributed by atoms with Crippen LogP contribution < -0.4 is 14.7 Å². The molecule has 0 aliphatic rings. The van der Waals surface area contributed by atoms with Gasteiger partial charge in [-0.05, 0) is 173 Å². The van der Waals surface area contributed by atoms with E-state index in [4.69, 9.17) is 0 Å². The van der Waals surface area contributed by atoms with Gasteiger partial charge in [-0.25, -0.2) is 0 Å². The first-order valence-corrected chi connectivity index (χ1v) is 22.6. The summed E-state index contributed by atoms with van der Waals surface area (Å²) in [5, 5.41) is 0. The molecule has 0 radical (unpaired) electrons. The molecule has 310 valence electrons. The van der Waals surface area contributed by atoms with Crippen molar-refractivity contribution in [2.45, 2.75) is 173 Å². The van der Waals surface area contributed by atoms with Crippen LogP contribution >= 0.6 is 15.6 Å². The zero-order valence-corrected chi connectivity index (χ0v) is 37.8. The molecule has 7 nitrogen and oxygen atoms in total. The molecule has 9 heteroatoms. The molecule has 0 N–H and O–H groups in total. The quantitative estimate of drug-likeness (QED) is 0.0486. The largest absolute Gasteiger partial charge is 0.790 e. The van der Waals surface area contributed by atoms with Gasteiger partial charge in [0.05, 0.1) is 14.4 Å². The SMILES string of the molecule is CC(C)=CCC/C(C)=C/CC/C(C)=C/CC/C=C(\C)CC/C=C(\C)CCC=C(C)C.CC(C)=CCC/C(C)=C/CC/C(C)=C/COP(=O)([O-])OP(=O)([O-])[O-]. The van der Waals surface area contributed by atoms with E-state index in [1.165, 1.54) is 115 Å². The number of phosphoric acid groups is 2. The van der Waals surface area contributed by atoms with Crippen molar-refractivity contribution in [1.29, 1.82) is 0 Å². The molecule has 0 rings (SSSR count). The highest BCUT2D eigenvalue weighted by molar-refractivity contribution is 7.58. The third-order valence-electron chi connectivity index (χ3n) is 8.38. The minimum Gasteiger partial charge on any atom is -0.790 e. The second-order valence-electron chi connectivity index (χ2n) is 15.2. The van der Waals surface area contributed by atoms with Gasteiger partial charge in [0.25, 0.3) is 7.82 Å². The standard InChI is InChI=1S/C30H50.C15H28O7P2/c1-25(2)15-11-19-29(7)23-13-21-27(5)17-9-10-18-28(6)22-14-24-30(8)20-12-16-26(3)4;1-13(2)7-5-8-14(3)9-6-10-15(4)11-12-21-24(19,20)22-23(16,17)18/h15-18,23-24H,9-14,19-22H2,1-8H3;7,9,11H,5-6,8,10,12H2,1-4H3,(H,19,20)(H2,16,17,18)/p-3/b27-17+,28-18+,29-23+,30-24+;14-9+,15-11+. The van der Waals surface area contributed by atoms with Crippen molar-refractivity contribution in [3.63, 3.8) is 0 Å². The molecule has 0 aromatic heterocycles. The number of hydrogen-bond acceptors (Lipinski definition) is 7. The maximum absolute atomic E-state index is 11.0. The molecule has 0 amide bonds. The average Bonchev–Trinajstić information content (AvgIpc) is 3.01. The Morgan fingerprint density at radius 3 is 0.889 bits per heavy atom. The monoisotopic (exact) mass is 790 g/mol. The first kappa shape index (κ1) is 54.0. The van der Waals surface area contributed by atoms with Crippen LogP contribution in [-0.2, 0) is 18.0 Å². The summed E-state index contributed by atoms with van der Waals surface area (Å²) in [5.41, 5.74) is 12.4. The van der Waals surface area contributed by atoms with Gasteiger partial charge in [-0.1, -0.05) is 105 Å². The molecule has 0 aromatic rings. The van der Waals surface area contributed by atoms with Crippen molar-refractivity contribution in [2.75, 3.05) is 6.61 Å². The molecule has 0 saturated heterocycles. The normalized spacial score (nSPS) is 14.6. The Labute approximate surface area is 331 Å². The van der Waals surface area contributed by atoms with Crippen LogP contribution in [-0.4, -0.2) is 6.61 Å². The molecule has 0 bridgehead atoms. The lowest BCUT2D eigenvalue weighted by molar-refractivity contribution is -0.339. The fourth-order valence-electron chi connectivity index (χ4n) is 5.09. The van der Waals surface area contributed by atoms with Gasteiger partial charge in [0.15, 0.2) is 0 Å². The zero-order valence-electron chi connectivity index (χ0n) is 36.1. The molecule has 0 fully saturated rings. The van der Waals surface area contributed by atoms with Crippen LogP contribution in [0.2, 0.25) is 0 Å². The predicted molar refractivity (Wildman–Crippen MR) is 228 cm³/mol. The summed E-state index contributed by atoms with van der Waals surface area (Å²) in [6, 6.07) is 0. The lowest BCUT2D eigenvalue weighted by Crippen LogP contribution is -2.19. The fraction of sp³-hybridized carbons (Fsp3) is 0.600. The number of phosphoric ester groups is 1. The Balaban J connectivity index is 0. The molecule has 0 aliphatic heterocycles. The summed E-state index contributed by atoms with van der Waals surface area (Å²) in [6.07, 6.45) is 35.6. The van der Waals surface area contributed by atoms with Gasteiger partial charge in [-0.3, -0.25) is 8.88 Å². The maximum atomic E-state index is 11.0. The molecular formula is C45H75O7P2-3. The van der Waals surface area contributed by atoms with Gasteiger partial charge >= 0.3 is 0 Å². The number of rotatable bonds is 26. The average molecular weight is 790 g/mol. The molecule has 0 saturated carbocycles. The third kappa shape index (κ3) is 41.1. The second-order valence-corrected chi connectivity index (χ2v) is 17.9. The van der Waals surface area contributed by atoms with Crippen molar-refractivity contribution >= 4 is 15.6 Å². The minimum absolute atomic E-state index is 0.379. The summed E-state index contributed by atoms with van der Waals surface area (Å²) in [4.78, 5) is 31.5. The molecule has 0 spiro atoms. The third-order valence-corrected chi connectivity index (χ3v) is 10.5. The Morgan fingerprint density at radius 2 is 0.630 bits per heavy atom. The summed E-state index contributed by atoms with van der Waals surface area (Å²) >= 11 is 0. The molecule has 1 unspecified atom stereocenters. The molecule has 1 atom stereocenters. The number of allylic oxidation sites excluding steroid dienone is 17. The Kier molecular flexibility index (Phi) is 32.1. The van der Waals surface area contributed by atoms with E-state index in [1.807, 2.05) is 0 Å². The van der Waals surface area contributed by atoms with Gasteiger partial charge in [0, 0.05) is 0 Å². The van der Waals surface area contributed by atoms with E-state index in [0.29, 0.717) is 0 Å². The van der Waals surface area contributed by atoms with E-state index < -0.39 is 15.6 Å². The summed E-state index contributed by atoms with van der Waals surface area (Å²) < 4.78 is 28.9. The number of hydrogen-bond donors (Lipinski definition) is 0. The van der Waals surface area contributed by atoms with Crippen LogP contribution in [0.1, 0.15) is 173 Å². The summed E-state index contributed by atoms with van der Waals surface area (Å²) in [7, 11) is -10.8. The Morgan fingerprint density at radius 1 is 0.389 bits per heavy atom. The highest BCUT2D eigenvalue weighted by atomic mass is 31.3. The van der Waals surface area contributed by atoms with Crippen molar-refractivity contribution in [1.82, 2.24) is 0 Å². The zero-order chi connectivity index (χ0) is 41.6. The van der Waals surface area contributed by atoms with E-state index in [1.54, 1.807) is 6.92 Å². The predicted octanol–water partition coefficient (Wildman–Crippen LogP) is 13.3. The van der Waals surface area contributed by atoms with Crippen LogP contribution in [0.15, 0.2) is 105 Å². The van der Waals surface area contributed by atoms with Crippen LogP contribution in [0.4, 0.5) is 0 Å². The van der Waals surface area contributed by atoms with Gasteiger partial charge in [0.1, 0.15) is 0 Å². The van der Waals surface area contributed by atoms with Gasteiger partial charge in [0.2, 0.25) is 0 Å². The second kappa shape index (κ2) is 32.1. The Bertz CT molecular complexity index is 1380. The highest BCUT2D eigenvalue weighted by Crippen LogP contribution is 2.50. The number of unbranched alkanes of at least 4 members (excludes halogenated alkanes) is 1. The fourth-order valence-corrected chi connectivity index (χ4v) is 6.52. The maximum Gasteiger partial charge on any atom is 0.272 e. The molecule has 0 aliphatic carbocycles. The summed E-state index contributed by atoms with van der Waals surface area (Å²) in [5.74, 6) is 0. The van der Waals surface area contributed by atoms with E-state index >= 15 is 0 Å². The Hall–Kier alpha value is -2.08. The van der Waals surface area contributed by atoms with Crippen molar-refractivity contribution in [2.24, 2.45) is 0 Å². The van der Waals surface area contributed by atoms with E-state index in [0.717, 1.165) is 31.3 Å². The molecule has 54 heavy (non-hydrogen) atoms. The van der Waals surface area contributed by atoms with Crippen LogP contribution in [0.25, 0.3) is 0 Å². The smallest absolute Gasteiger partial charge is 0.272 e. The van der Waals surface area contributed by atoms with Crippen molar-refractivity contribution < 1.29 is 32.6 Å². The van der Waals surface area contributed by atoms with Gasteiger partial charge < -0.3 is 23.8 Å². The summed E-state index contributed by atoms with van der Waals surface area (Å²) in [6.45, 7) is 25.4. The van der Waals surface area contributed by atoms with Crippen LogP contribution in [0.3, 0.4) is 0 Å². The van der Waals surface area contributed by atoms with E-state index in [-0.39, 0.29) is 6.61 Å². The minimum atomic E-state index is -5.63. The molecule has 0 aromatic carbocycles. The lowest BCUT2D eigenvalue weighted by atomic mass is 10.0. The molecule has 0 heterocycles.